The van der Waals surface area contributed by atoms with Crippen LogP contribution in [-0.2, 0) is 20.9 Å². The first-order chi connectivity index (χ1) is 16.3. The number of aliphatic hydroxyl groups excluding tert-OH is 1. The number of aliphatic hydroxyl groups is 1. The molecule has 1 saturated heterocycles. The minimum Gasteiger partial charge on any atom is -0.481 e. The maximum atomic E-state index is 13.7. The van der Waals surface area contributed by atoms with Crippen molar-refractivity contribution in [1.29, 1.82) is 0 Å². The number of unbranched alkanes of at least 4 members (excludes halogenated alkanes) is 3. The summed E-state index contributed by atoms with van der Waals surface area (Å²) in [5.74, 6) is -2.28. The molecule has 0 spiro atoms. The van der Waals surface area contributed by atoms with Crippen LogP contribution < -0.4 is 0 Å². The Labute approximate surface area is 201 Å². The largest absolute Gasteiger partial charge is 0.481 e. The molecule has 9 heteroatoms. The normalized spacial score (nSPS) is 18.3. The van der Waals surface area contributed by atoms with Crippen LogP contribution in [0.4, 0.5) is 4.79 Å². The van der Waals surface area contributed by atoms with E-state index in [1.807, 2.05) is 18.4 Å². The zero-order chi connectivity index (χ0) is 25.1. The van der Waals surface area contributed by atoms with Crippen LogP contribution in [0.1, 0.15) is 83.9 Å². The lowest BCUT2D eigenvalue weighted by Gasteiger charge is -2.38. The Balaban J connectivity index is 2.26. The molecule has 1 aromatic heterocycles. The van der Waals surface area contributed by atoms with Gasteiger partial charge in [0, 0.05) is 25.4 Å². The number of cyclic esters (lactones) is 1. The maximum absolute atomic E-state index is 13.7. The van der Waals surface area contributed by atoms with E-state index >= 15 is 0 Å². The number of nitrogens with zero attached hydrogens (tertiary/aromatic N) is 3. The second-order valence-electron chi connectivity index (χ2n) is 9.19. The fraction of sp³-hybridized carbons (Fsp3) is 0.680. The zero-order valence-electron chi connectivity index (χ0n) is 20.6. The summed E-state index contributed by atoms with van der Waals surface area (Å²) in [5.41, 5.74) is 0.528. The molecule has 1 fully saturated rings. The number of carboxylic acid groups (broad SMARTS) is 1. The summed E-state index contributed by atoms with van der Waals surface area (Å²) < 4.78 is 7.03. The fourth-order valence-corrected chi connectivity index (χ4v) is 4.28. The second kappa shape index (κ2) is 13.9. The van der Waals surface area contributed by atoms with Gasteiger partial charge in [-0.1, -0.05) is 52.2 Å². The molecule has 0 saturated carbocycles. The van der Waals surface area contributed by atoms with Gasteiger partial charge in [0.2, 0.25) is 5.91 Å². The van der Waals surface area contributed by atoms with Crippen LogP contribution in [0.25, 0.3) is 0 Å². The van der Waals surface area contributed by atoms with Crippen LogP contribution in [0.5, 0.6) is 0 Å². The molecule has 34 heavy (non-hydrogen) atoms. The van der Waals surface area contributed by atoms with E-state index in [1.165, 1.54) is 0 Å². The van der Waals surface area contributed by atoms with Gasteiger partial charge in [-0.2, -0.15) is 0 Å². The number of hydrogen-bond acceptors (Lipinski definition) is 6. The van der Waals surface area contributed by atoms with E-state index in [2.05, 4.69) is 11.9 Å². The molecule has 0 aliphatic carbocycles. The number of carboxylic acids is 1. The van der Waals surface area contributed by atoms with Gasteiger partial charge in [0.1, 0.15) is 6.10 Å². The van der Waals surface area contributed by atoms with Crippen LogP contribution in [0.3, 0.4) is 0 Å². The Hall–Kier alpha value is -2.68. The number of allylic oxidation sites excluding steroid dienone is 2. The predicted molar refractivity (Wildman–Crippen MR) is 127 cm³/mol. The number of hydrogen-bond donors (Lipinski definition) is 2. The number of aromatic nitrogens is 2. The summed E-state index contributed by atoms with van der Waals surface area (Å²) in [7, 11) is 0. The van der Waals surface area contributed by atoms with Crippen LogP contribution in [-0.4, -0.2) is 55.3 Å². The Kier molecular flexibility index (Phi) is 11.3. The Morgan fingerprint density at radius 1 is 1.26 bits per heavy atom. The van der Waals surface area contributed by atoms with Crippen LogP contribution in [0.2, 0.25) is 0 Å². The summed E-state index contributed by atoms with van der Waals surface area (Å²) in [4.78, 5) is 42.4. The molecule has 2 N–H and O–H groups in total. The molecule has 2 rings (SSSR count). The van der Waals surface area contributed by atoms with Crippen molar-refractivity contribution >= 4 is 18.0 Å². The van der Waals surface area contributed by atoms with E-state index < -0.39 is 30.0 Å². The smallest absolute Gasteiger partial charge is 0.416 e. The molecule has 2 amide bonds. The number of imidazole rings is 1. The number of carbonyl (C=O) groups excluding carboxylic acids is 2. The molecule has 0 aromatic carbocycles. The van der Waals surface area contributed by atoms with Gasteiger partial charge in [0.15, 0.2) is 0 Å². The molecule has 0 bridgehead atoms. The third-order valence-corrected chi connectivity index (χ3v) is 6.25. The Morgan fingerprint density at radius 2 is 2.03 bits per heavy atom. The van der Waals surface area contributed by atoms with E-state index in [1.54, 1.807) is 24.7 Å². The highest BCUT2D eigenvalue weighted by Crippen LogP contribution is 2.31. The number of aliphatic carboxylic acids is 1. The topological polar surface area (TPSA) is 122 Å². The summed E-state index contributed by atoms with van der Waals surface area (Å²) in [5, 5.41) is 20.2. The quantitative estimate of drug-likeness (QED) is 0.302. The highest BCUT2D eigenvalue weighted by molar-refractivity contribution is 5.94. The maximum Gasteiger partial charge on any atom is 0.416 e. The van der Waals surface area contributed by atoms with Gasteiger partial charge >= 0.3 is 12.1 Å². The van der Waals surface area contributed by atoms with E-state index in [0.717, 1.165) is 30.6 Å². The van der Waals surface area contributed by atoms with Crippen molar-refractivity contribution in [1.82, 2.24) is 14.5 Å². The van der Waals surface area contributed by atoms with Crippen molar-refractivity contribution in [3.8, 4) is 0 Å². The SMILES string of the molecule is CCCCCCn1cncc1C(O)[C@H](C/C=C\CCC(=O)O)C(=O)N1C(=O)OCC[C@H]1C(C)C. The average Bonchev–Trinajstić information content (AvgIpc) is 3.26. The number of amides is 2. The number of rotatable bonds is 14. The molecule has 3 atom stereocenters. The molecular weight excluding hydrogens is 438 g/mol. The molecular formula is C25H39N3O6. The van der Waals surface area contributed by atoms with Gasteiger partial charge in [-0.25, -0.2) is 14.7 Å². The first-order valence-electron chi connectivity index (χ1n) is 12.3. The van der Waals surface area contributed by atoms with Crippen molar-refractivity contribution in [3.63, 3.8) is 0 Å². The Bertz CT molecular complexity index is 834. The number of imide groups is 1. The minimum absolute atomic E-state index is 0.0178. The summed E-state index contributed by atoms with van der Waals surface area (Å²) in [6.45, 7) is 6.99. The van der Waals surface area contributed by atoms with Crippen LogP contribution in [0, 0.1) is 11.8 Å². The van der Waals surface area contributed by atoms with Crippen LogP contribution >= 0.6 is 0 Å². The van der Waals surface area contributed by atoms with Crippen molar-refractivity contribution in [2.45, 2.75) is 90.8 Å². The lowest BCUT2D eigenvalue weighted by molar-refractivity contribution is -0.143. The standard InChI is InChI=1S/C25H39N3O6/c1-4-5-6-10-14-27-17-26-16-21(27)23(31)19(11-8-7-9-12-22(29)30)24(32)28-20(18(2)3)13-15-34-25(28)33/h7-8,16-20,23,31H,4-6,9-15H2,1-3H3,(H,29,30)/b8-7-/t19-,20-,23?/m0/s1. The van der Waals surface area contributed by atoms with Gasteiger partial charge in [-0.05, 0) is 25.2 Å². The van der Waals surface area contributed by atoms with Gasteiger partial charge in [-0.3, -0.25) is 9.59 Å². The molecule has 2 heterocycles. The van der Waals surface area contributed by atoms with Crippen LogP contribution in [0.15, 0.2) is 24.7 Å². The minimum atomic E-state index is -1.17. The Morgan fingerprint density at radius 3 is 2.71 bits per heavy atom. The monoisotopic (exact) mass is 477 g/mol. The van der Waals surface area contributed by atoms with Gasteiger partial charge in [0.25, 0.3) is 0 Å². The third kappa shape index (κ3) is 7.68. The summed E-state index contributed by atoms with van der Waals surface area (Å²) >= 11 is 0. The van der Waals surface area contributed by atoms with Gasteiger partial charge < -0.3 is 19.5 Å². The van der Waals surface area contributed by atoms with Crippen molar-refractivity contribution in [2.75, 3.05) is 6.61 Å². The van der Waals surface area contributed by atoms with Crippen molar-refractivity contribution < 1.29 is 29.3 Å². The molecule has 1 aromatic rings. The first-order valence-corrected chi connectivity index (χ1v) is 12.3. The lowest BCUT2D eigenvalue weighted by atomic mass is 9.91. The zero-order valence-corrected chi connectivity index (χ0v) is 20.6. The van der Waals surface area contributed by atoms with E-state index in [9.17, 15) is 19.5 Å². The first kappa shape index (κ1) is 27.6. The average molecular weight is 478 g/mol. The van der Waals surface area contributed by atoms with Crippen molar-refractivity contribution in [2.24, 2.45) is 11.8 Å². The number of ether oxygens (including phenoxy) is 1. The summed E-state index contributed by atoms with van der Waals surface area (Å²) in [6.07, 6.45) is 10.0. The van der Waals surface area contributed by atoms with E-state index in [4.69, 9.17) is 9.84 Å². The molecule has 0 radical (unpaired) electrons. The number of aryl methyl sites for hydroxylation is 1. The highest BCUT2D eigenvalue weighted by atomic mass is 16.6. The number of carbonyl (C=O) groups is 3. The molecule has 9 nitrogen and oxygen atoms in total. The van der Waals surface area contributed by atoms with Crippen molar-refractivity contribution in [3.05, 3.63) is 30.4 Å². The molecule has 190 valence electrons. The fourth-order valence-electron chi connectivity index (χ4n) is 4.28. The van der Waals surface area contributed by atoms with Gasteiger partial charge in [-0.15, -0.1) is 0 Å². The second-order valence-corrected chi connectivity index (χ2v) is 9.19. The molecule has 1 aliphatic heterocycles. The lowest BCUT2D eigenvalue weighted by Crippen LogP contribution is -2.54. The third-order valence-electron chi connectivity index (χ3n) is 6.25. The highest BCUT2D eigenvalue weighted by Gasteiger charge is 2.42. The summed E-state index contributed by atoms with van der Waals surface area (Å²) in [6, 6.07) is -0.307. The van der Waals surface area contributed by atoms with E-state index in [0.29, 0.717) is 25.1 Å². The molecule has 1 unspecified atom stereocenters. The van der Waals surface area contributed by atoms with Gasteiger partial charge in [0.05, 0.1) is 30.7 Å². The predicted octanol–water partition coefficient (Wildman–Crippen LogP) is 4.32. The van der Waals surface area contributed by atoms with E-state index in [-0.39, 0.29) is 31.4 Å². The molecule has 1 aliphatic rings.